The molecule has 1 aromatic carbocycles. The first-order valence-corrected chi connectivity index (χ1v) is 6.61. The molecule has 0 radical (unpaired) electrons. The van der Waals surface area contributed by atoms with E-state index < -0.39 is 0 Å². The fourth-order valence-corrected chi connectivity index (χ4v) is 1.84. The molecule has 18 heavy (non-hydrogen) atoms. The molecule has 0 saturated carbocycles. The lowest BCUT2D eigenvalue weighted by Crippen LogP contribution is -2.39. The Morgan fingerprint density at radius 3 is 2.67 bits per heavy atom. The highest BCUT2D eigenvalue weighted by atomic mass is 15.1. The molecule has 1 atom stereocenters. The summed E-state index contributed by atoms with van der Waals surface area (Å²) in [4.78, 5) is 2.21. The highest BCUT2D eigenvalue weighted by Crippen LogP contribution is 2.01. The highest BCUT2D eigenvalue weighted by molar-refractivity contribution is 5.14. The van der Waals surface area contributed by atoms with Crippen LogP contribution in [0.4, 0.5) is 0 Å². The number of hydrogen-bond donors (Lipinski definition) is 1. The Balaban J connectivity index is 2.28. The maximum Gasteiger partial charge on any atom is 0.108 e. The third-order valence-corrected chi connectivity index (χ3v) is 2.92. The van der Waals surface area contributed by atoms with Gasteiger partial charge < -0.3 is 10.2 Å². The third kappa shape index (κ3) is 5.81. The van der Waals surface area contributed by atoms with Crippen LogP contribution in [0.25, 0.3) is 0 Å². The first-order chi connectivity index (χ1) is 8.76. The van der Waals surface area contributed by atoms with Gasteiger partial charge in [-0.3, -0.25) is 0 Å². The number of nitrogens with zero attached hydrogens (tertiary/aromatic N) is 2. The lowest BCUT2D eigenvalue weighted by atomic mass is 10.1. The average Bonchev–Trinajstić information content (AvgIpc) is 2.42. The van der Waals surface area contributed by atoms with Gasteiger partial charge in [0.1, 0.15) is 6.04 Å². The molecule has 0 aliphatic carbocycles. The maximum absolute atomic E-state index is 9.05. The minimum absolute atomic E-state index is 0.0641. The lowest BCUT2D eigenvalue weighted by molar-refractivity contribution is 0.314. The molecule has 0 spiro atoms. The van der Waals surface area contributed by atoms with Gasteiger partial charge in [0.05, 0.1) is 6.07 Å². The van der Waals surface area contributed by atoms with E-state index in [0.717, 1.165) is 32.5 Å². The first-order valence-electron chi connectivity index (χ1n) is 6.61. The summed E-state index contributed by atoms with van der Waals surface area (Å²) >= 11 is 0. The van der Waals surface area contributed by atoms with Gasteiger partial charge in [0.2, 0.25) is 0 Å². The van der Waals surface area contributed by atoms with E-state index in [-0.39, 0.29) is 6.04 Å². The van der Waals surface area contributed by atoms with Crippen molar-refractivity contribution in [3.8, 4) is 6.07 Å². The first kappa shape index (κ1) is 14.7. The van der Waals surface area contributed by atoms with Crippen LogP contribution in [0.5, 0.6) is 0 Å². The molecular formula is C15H23N3. The summed E-state index contributed by atoms with van der Waals surface area (Å²) in [5.74, 6) is 0. The van der Waals surface area contributed by atoms with Crippen molar-refractivity contribution in [2.75, 3.05) is 26.7 Å². The molecule has 1 unspecified atom stereocenters. The zero-order valence-electron chi connectivity index (χ0n) is 11.4. The van der Waals surface area contributed by atoms with Crippen molar-refractivity contribution in [1.29, 1.82) is 5.26 Å². The molecule has 0 aromatic heterocycles. The number of hydrogen-bond acceptors (Lipinski definition) is 3. The Morgan fingerprint density at radius 1 is 1.33 bits per heavy atom. The van der Waals surface area contributed by atoms with Gasteiger partial charge in [-0.05, 0) is 32.0 Å². The standard InChI is InChI=1S/C15H23N3/c1-3-10-17-15(12-16)13-18(2)11-9-14-7-5-4-6-8-14/h4-8,15,17H,3,9-11,13H2,1-2H3. The van der Waals surface area contributed by atoms with Gasteiger partial charge in [-0.15, -0.1) is 0 Å². The maximum atomic E-state index is 9.05. The topological polar surface area (TPSA) is 39.1 Å². The van der Waals surface area contributed by atoms with E-state index in [1.54, 1.807) is 0 Å². The SMILES string of the molecule is CCCNC(C#N)CN(C)CCc1ccccc1. The zero-order valence-corrected chi connectivity index (χ0v) is 11.4. The molecule has 1 N–H and O–H groups in total. The van der Waals surface area contributed by atoms with E-state index in [4.69, 9.17) is 5.26 Å². The van der Waals surface area contributed by atoms with Gasteiger partial charge in [0.15, 0.2) is 0 Å². The van der Waals surface area contributed by atoms with Crippen molar-refractivity contribution < 1.29 is 0 Å². The summed E-state index contributed by atoms with van der Waals surface area (Å²) < 4.78 is 0. The molecule has 0 aliphatic rings. The number of nitriles is 1. The van der Waals surface area contributed by atoms with Gasteiger partial charge >= 0.3 is 0 Å². The van der Waals surface area contributed by atoms with Crippen LogP contribution < -0.4 is 5.32 Å². The molecule has 0 heterocycles. The summed E-state index contributed by atoms with van der Waals surface area (Å²) in [6.07, 6.45) is 2.09. The average molecular weight is 245 g/mol. The molecular weight excluding hydrogens is 222 g/mol. The van der Waals surface area contributed by atoms with E-state index in [2.05, 4.69) is 54.5 Å². The number of likely N-dealkylation sites (N-methyl/N-ethyl adjacent to an activating group) is 1. The monoisotopic (exact) mass is 245 g/mol. The summed E-state index contributed by atoms with van der Waals surface area (Å²) in [7, 11) is 2.07. The predicted molar refractivity (Wildman–Crippen MR) is 75.3 cm³/mol. The van der Waals surface area contributed by atoms with Crippen molar-refractivity contribution in [3.05, 3.63) is 35.9 Å². The van der Waals surface area contributed by atoms with Gasteiger partial charge in [-0.1, -0.05) is 37.3 Å². The van der Waals surface area contributed by atoms with E-state index >= 15 is 0 Å². The van der Waals surface area contributed by atoms with Gasteiger partial charge in [0, 0.05) is 13.1 Å². The third-order valence-electron chi connectivity index (χ3n) is 2.92. The lowest BCUT2D eigenvalue weighted by Gasteiger charge is -2.20. The Labute approximate surface area is 110 Å². The van der Waals surface area contributed by atoms with Gasteiger partial charge in [-0.2, -0.15) is 5.26 Å². The van der Waals surface area contributed by atoms with E-state index in [0.29, 0.717) is 0 Å². The Hall–Kier alpha value is -1.37. The summed E-state index contributed by atoms with van der Waals surface area (Å²) in [5, 5.41) is 12.3. The van der Waals surface area contributed by atoms with Crippen molar-refractivity contribution in [2.24, 2.45) is 0 Å². The molecule has 1 aromatic rings. The van der Waals surface area contributed by atoms with Gasteiger partial charge in [0.25, 0.3) is 0 Å². The fourth-order valence-electron chi connectivity index (χ4n) is 1.84. The van der Waals surface area contributed by atoms with Crippen LogP contribution in [0.3, 0.4) is 0 Å². The van der Waals surface area contributed by atoms with Crippen LogP contribution in [-0.4, -0.2) is 37.6 Å². The van der Waals surface area contributed by atoms with E-state index in [1.165, 1.54) is 5.56 Å². The molecule has 0 amide bonds. The molecule has 0 saturated heterocycles. The normalized spacial score (nSPS) is 12.3. The molecule has 0 bridgehead atoms. The van der Waals surface area contributed by atoms with Crippen molar-refractivity contribution in [1.82, 2.24) is 10.2 Å². The molecule has 98 valence electrons. The number of nitrogens with one attached hydrogen (secondary N) is 1. The predicted octanol–water partition coefficient (Wildman–Crippen LogP) is 2.05. The number of rotatable bonds is 8. The van der Waals surface area contributed by atoms with Crippen LogP contribution in [0.1, 0.15) is 18.9 Å². The number of benzene rings is 1. The molecule has 1 rings (SSSR count). The van der Waals surface area contributed by atoms with Crippen molar-refractivity contribution in [2.45, 2.75) is 25.8 Å². The van der Waals surface area contributed by atoms with Crippen LogP contribution in [0.2, 0.25) is 0 Å². The summed E-state index contributed by atoms with van der Waals surface area (Å²) in [6, 6.07) is 12.7. The van der Waals surface area contributed by atoms with E-state index in [1.807, 2.05) is 6.07 Å². The quantitative estimate of drug-likeness (QED) is 0.762. The minimum Gasteiger partial charge on any atom is -0.303 e. The van der Waals surface area contributed by atoms with Crippen LogP contribution in [-0.2, 0) is 6.42 Å². The molecule has 3 heteroatoms. The van der Waals surface area contributed by atoms with Crippen molar-refractivity contribution >= 4 is 0 Å². The summed E-state index contributed by atoms with van der Waals surface area (Å²) in [5.41, 5.74) is 1.35. The Morgan fingerprint density at radius 2 is 2.06 bits per heavy atom. The van der Waals surface area contributed by atoms with Crippen LogP contribution in [0, 0.1) is 11.3 Å². The summed E-state index contributed by atoms with van der Waals surface area (Å²) in [6.45, 7) is 4.78. The van der Waals surface area contributed by atoms with Gasteiger partial charge in [-0.25, -0.2) is 0 Å². The smallest absolute Gasteiger partial charge is 0.108 e. The Kier molecular flexibility index (Phi) is 7.09. The largest absolute Gasteiger partial charge is 0.303 e. The molecule has 0 aliphatic heterocycles. The van der Waals surface area contributed by atoms with Crippen LogP contribution in [0.15, 0.2) is 30.3 Å². The van der Waals surface area contributed by atoms with Crippen LogP contribution >= 0.6 is 0 Å². The second-order valence-corrected chi connectivity index (χ2v) is 4.63. The second-order valence-electron chi connectivity index (χ2n) is 4.63. The minimum atomic E-state index is -0.0641. The Bertz CT molecular complexity index is 356. The highest BCUT2D eigenvalue weighted by Gasteiger charge is 2.09. The second kappa shape index (κ2) is 8.68. The molecule has 3 nitrogen and oxygen atoms in total. The molecule has 0 fully saturated rings. The fraction of sp³-hybridized carbons (Fsp3) is 0.533. The van der Waals surface area contributed by atoms with E-state index in [9.17, 15) is 0 Å². The zero-order chi connectivity index (χ0) is 13.2. The van der Waals surface area contributed by atoms with Crippen molar-refractivity contribution in [3.63, 3.8) is 0 Å².